The number of H-pyrrole nitrogens is 2. The first-order valence-corrected chi connectivity index (χ1v) is 6.36. The zero-order chi connectivity index (χ0) is 11.2. The molecule has 0 saturated heterocycles. The van der Waals surface area contributed by atoms with Crippen molar-refractivity contribution in [2.75, 3.05) is 0 Å². The molecule has 2 heterocycles. The van der Waals surface area contributed by atoms with Crippen molar-refractivity contribution >= 4 is 21.8 Å². The van der Waals surface area contributed by atoms with E-state index in [4.69, 9.17) is 0 Å². The van der Waals surface area contributed by atoms with E-state index in [1.165, 1.54) is 53.2 Å². The van der Waals surface area contributed by atoms with Crippen LogP contribution in [0.4, 0.5) is 0 Å². The number of pyridine rings is 1. The summed E-state index contributed by atoms with van der Waals surface area (Å²) in [6.45, 7) is 0. The fourth-order valence-corrected chi connectivity index (χ4v) is 3.07. The number of hydrogen-bond donors (Lipinski definition) is 1. The van der Waals surface area contributed by atoms with Gasteiger partial charge in [0.25, 0.3) is 0 Å². The molecule has 2 aromatic heterocycles. The van der Waals surface area contributed by atoms with E-state index in [1.54, 1.807) is 5.56 Å². The monoisotopic (exact) mass is 258 g/mol. The lowest BCUT2D eigenvalue weighted by molar-refractivity contribution is -0.343. The third-order valence-electron chi connectivity index (χ3n) is 3.91. The van der Waals surface area contributed by atoms with Crippen molar-refractivity contribution in [3.63, 3.8) is 0 Å². The highest BCUT2D eigenvalue weighted by Crippen LogP contribution is 2.31. The van der Waals surface area contributed by atoms with Gasteiger partial charge in [-0.05, 0) is 43.4 Å². The molecule has 0 bridgehead atoms. The van der Waals surface area contributed by atoms with Gasteiger partial charge in [0.15, 0.2) is 6.20 Å². The Hall–Kier alpha value is -1.54. The summed E-state index contributed by atoms with van der Waals surface area (Å²) < 4.78 is 0. The number of aromatic nitrogens is 2. The molecule has 1 aliphatic carbocycles. The lowest BCUT2D eigenvalue weighted by atomic mass is 9.95. The molecule has 1 aliphatic rings. The van der Waals surface area contributed by atoms with Gasteiger partial charge in [0, 0.05) is 22.5 Å². The van der Waals surface area contributed by atoms with Gasteiger partial charge in [0.2, 0.25) is 5.52 Å². The molecule has 0 atom stereocenters. The smallest absolute Gasteiger partial charge is 0.235 e. The Labute approximate surface area is 112 Å². The Morgan fingerprint density at radius 3 is 2.89 bits per heavy atom. The molecule has 2 N–H and O–H groups in total. The standard InChI is InChI=1S/C15H14N2.ClH/c1-2-6-13-11(5-1)12-8-7-10-4-3-9-16-14(10)15(12)17-13;/h3-4,7-9,17H,1-2,5-6H2;1H. The van der Waals surface area contributed by atoms with Crippen LogP contribution in [0.25, 0.3) is 21.8 Å². The summed E-state index contributed by atoms with van der Waals surface area (Å²) in [7, 11) is 0. The summed E-state index contributed by atoms with van der Waals surface area (Å²) in [6, 6.07) is 8.70. The summed E-state index contributed by atoms with van der Waals surface area (Å²) in [4.78, 5) is 7.00. The fourth-order valence-electron chi connectivity index (χ4n) is 3.07. The van der Waals surface area contributed by atoms with Crippen molar-refractivity contribution in [2.24, 2.45) is 0 Å². The fraction of sp³-hybridized carbons (Fsp3) is 0.267. The Bertz CT molecular complexity index is 715. The van der Waals surface area contributed by atoms with Gasteiger partial charge in [-0.1, -0.05) is 6.07 Å². The molecule has 0 saturated carbocycles. The molecule has 0 unspecified atom stereocenters. The first-order valence-electron chi connectivity index (χ1n) is 6.36. The van der Waals surface area contributed by atoms with E-state index >= 15 is 0 Å². The number of aryl methyl sites for hydroxylation is 2. The molecule has 0 radical (unpaired) electrons. The largest absolute Gasteiger partial charge is 1.00 e. The first kappa shape index (κ1) is 11.5. The Morgan fingerprint density at radius 1 is 1.06 bits per heavy atom. The van der Waals surface area contributed by atoms with Crippen LogP contribution in [0.5, 0.6) is 0 Å². The highest BCUT2D eigenvalue weighted by atomic mass is 35.5. The van der Waals surface area contributed by atoms with Crippen molar-refractivity contribution < 1.29 is 17.4 Å². The van der Waals surface area contributed by atoms with Crippen molar-refractivity contribution in [2.45, 2.75) is 25.7 Å². The van der Waals surface area contributed by atoms with Crippen LogP contribution >= 0.6 is 0 Å². The van der Waals surface area contributed by atoms with Crippen LogP contribution in [0.1, 0.15) is 24.1 Å². The topological polar surface area (TPSA) is 29.9 Å². The molecule has 0 spiro atoms. The minimum atomic E-state index is 0. The van der Waals surface area contributed by atoms with Crippen molar-refractivity contribution in [3.05, 3.63) is 41.7 Å². The summed E-state index contributed by atoms with van der Waals surface area (Å²) in [6.07, 6.45) is 7.09. The van der Waals surface area contributed by atoms with Gasteiger partial charge in [-0.25, -0.2) is 4.98 Å². The second kappa shape index (κ2) is 4.29. The predicted molar refractivity (Wildman–Crippen MR) is 69.0 cm³/mol. The minimum absolute atomic E-state index is 0. The third-order valence-corrected chi connectivity index (χ3v) is 3.91. The number of aromatic amines is 2. The molecule has 92 valence electrons. The van der Waals surface area contributed by atoms with Crippen LogP contribution in [0.2, 0.25) is 0 Å². The van der Waals surface area contributed by atoms with E-state index in [2.05, 4.69) is 34.2 Å². The highest BCUT2D eigenvalue weighted by Gasteiger charge is 2.18. The van der Waals surface area contributed by atoms with Crippen LogP contribution < -0.4 is 17.4 Å². The molecule has 18 heavy (non-hydrogen) atoms. The molecular weight excluding hydrogens is 244 g/mol. The predicted octanol–water partition coefficient (Wildman–Crippen LogP) is 0.0180. The number of hydrogen-bond acceptors (Lipinski definition) is 0. The second-order valence-electron chi connectivity index (χ2n) is 4.91. The Balaban J connectivity index is 0.000001000. The average molecular weight is 259 g/mol. The molecule has 4 rings (SSSR count). The van der Waals surface area contributed by atoms with Gasteiger partial charge in [-0.3, -0.25) is 0 Å². The molecular formula is C15H15ClN2. The molecule has 1 aromatic carbocycles. The summed E-state index contributed by atoms with van der Waals surface area (Å²) >= 11 is 0. The summed E-state index contributed by atoms with van der Waals surface area (Å²) in [5.74, 6) is 0. The molecule has 2 nitrogen and oxygen atoms in total. The second-order valence-corrected chi connectivity index (χ2v) is 4.91. The number of halogens is 1. The number of rotatable bonds is 0. The first-order chi connectivity index (χ1) is 8.43. The van der Waals surface area contributed by atoms with E-state index in [1.807, 2.05) is 6.20 Å². The summed E-state index contributed by atoms with van der Waals surface area (Å²) in [5, 5.41) is 2.69. The molecule has 0 amide bonds. The van der Waals surface area contributed by atoms with Crippen molar-refractivity contribution in [1.82, 2.24) is 4.98 Å². The van der Waals surface area contributed by atoms with Crippen LogP contribution in [-0.4, -0.2) is 4.98 Å². The highest BCUT2D eigenvalue weighted by molar-refractivity contribution is 6.03. The van der Waals surface area contributed by atoms with Crippen LogP contribution in [0.3, 0.4) is 0 Å². The van der Waals surface area contributed by atoms with Crippen LogP contribution in [-0.2, 0) is 12.8 Å². The maximum Gasteiger partial charge on any atom is 0.235 e. The molecule has 0 fully saturated rings. The van der Waals surface area contributed by atoms with E-state index in [0.717, 1.165) is 0 Å². The minimum Gasteiger partial charge on any atom is -1.00 e. The van der Waals surface area contributed by atoms with Gasteiger partial charge in [0.05, 0.1) is 0 Å². The Kier molecular flexibility index (Phi) is 2.75. The SMILES string of the molecule is [Cl-].c1c[nH+]c2c(c1)ccc1c3c([nH]c12)CCCC3. The lowest BCUT2D eigenvalue weighted by Crippen LogP contribution is -3.00. The third kappa shape index (κ3) is 1.52. The zero-order valence-corrected chi connectivity index (χ0v) is 10.8. The van der Waals surface area contributed by atoms with Gasteiger partial charge in [0.1, 0.15) is 5.52 Å². The van der Waals surface area contributed by atoms with Gasteiger partial charge < -0.3 is 17.4 Å². The quantitative estimate of drug-likeness (QED) is 0.589. The number of fused-ring (bicyclic) bond motifs is 5. The van der Waals surface area contributed by atoms with Crippen LogP contribution in [0, 0.1) is 0 Å². The van der Waals surface area contributed by atoms with Gasteiger partial charge in [-0.2, -0.15) is 0 Å². The molecule has 3 heteroatoms. The Morgan fingerprint density at radius 2 is 1.94 bits per heavy atom. The maximum absolute atomic E-state index is 3.63. The molecule has 3 aromatic rings. The summed E-state index contributed by atoms with van der Waals surface area (Å²) in [5.41, 5.74) is 5.52. The van der Waals surface area contributed by atoms with Crippen LogP contribution in [0.15, 0.2) is 30.5 Å². The maximum atomic E-state index is 3.63. The number of nitrogens with one attached hydrogen (secondary N) is 2. The lowest BCUT2D eigenvalue weighted by Gasteiger charge is -2.10. The van der Waals surface area contributed by atoms with E-state index in [0.29, 0.717) is 0 Å². The zero-order valence-electron chi connectivity index (χ0n) is 10.1. The van der Waals surface area contributed by atoms with E-state index in [9.17, 15) is 0 Å². The van der Waals surface area contributed by atoms with E-state index < -0.39 is 0 Å². The van der Waals surface area contributed by atoms with Crippen molar-refractivity contribution in [1.29, 1.82) is 0 Å². The van der Waals surface area contributed by atoms with Crippen molar-refractivity contribution in [3.8, 4) is 0 Å². The normalized spacial score (nSPS) is 14.4. The number of benzene rings is 1. The van der Waals surface area contributed by atoms with Gasteiger partial charge >= 0.3 is 0 Å². The molecule has 0 aliphatic heterocycles. The van der Waals surface area contributed by atoms with E-state index in [-0.39, 0.29) is 12.4 Å². The van der Waals surface area contributed by atoms with Gasteiger partial charge in [-0.15, -0.1) is 0 Å². The average Bonchev–Trinajstić information content (AvgIpc) is 2.78.